The van der Waals surface area contributed by atoms with Crippen molar-refractivity contribution in [3.63, 3.8) is 0 Å². The number of carbonyl (C=O) groups excluding carboxylic acids is 1. The van der Waals surface area contributed by atoms with Crippen LogP contribution in [0.2, 0.25) is 0 Å². The topological polar surface area (TPSA) is 76.6 Å². The molecule has 1 spiro atoms. The van der Waals surface area contributed by atoms with Gasteiger partial charge in [0.15, 0.2) is 0 Å². The van der Waals surface area contributed by atoms with Gasteiger partial charge in [0, 0.05) is 39.0 Å². The summed E-state index contributed by atoms with van der Waals surface area (Å²) in [4.78, 5) is 22.0. The summed E-state index contributed by atoms with van der Waals surface area (Å²) in [7, 11) is 1.61. The van der Waals surface area contributed by atoms with Gasteiger partial charge in [0.1, 0.15) is 6.61 Å². The summed E-state index contributed by atoms with van der Waals surface area (Å²) in [6.07, 6.45) is 6.27. The van der Waals surface area contributed by atoms with Gasteiger partial charge in [-0.3, -0.25) is 4.79 Å². The van der Waals surface area contributed by atoms with E-state index in [4.69, 9.17) is 9.47 Å². The fourth-order valence-corrected chi connectivity index (χ4v) is 3.09. The average Bonchev–Trinajstić information content (AvgIpc) is 2.97. The minimum absolute atomic E-state index is 0.0109. The van der Waals surface area contributed by atoms with Crippen molar-refractivity contribution in [3.8, 4) is 0 Å². The zero-order chi connectivity index (χ0) is 15.4. The lowest BCUT2D eigenvalue weighted by atomic mass is 9.88. The van der Waals surface area contributed by atoms with Gasteiger partial charge in [0.2, 0.25) is 11.9 Å². The molecule has 2 saturated heterocycles. The summed E-state index contributed by atoms with van der Waals surface area (Å²) in [5, 5.41) is 2.56. The van der Waals surface area contributed by atoms with Gasteiger partial charge < -0.3 is 19.7 Å². The van der Waals surface area contributed by atoms with Crippen molar-refractivity contribution in [2.45, 2.75) is 31.0 Å². The highest BCUT2D eigenvalue weighted by Gasteiger charge is 2.43. The van der Waals surface area contributed by atoms with E-state index >= 15 is 0 Å². The quantitative estimate of drug-likeness (QED) is 0.866. The number of ether oxygens (including phenoxy) is 2. The second-order valence-corrected chi connectivity index (χ2v) is 5.84. The Labute approximate surface area is 130 Å². The first-order chi connectivity index (χ1) is 10.7. The number of aromatic nitrogens is 2. The normalized spacial score (nSPS) is 23.7. The molecule has 2 aliphatic rings. The molecule has 1 amide bonds. The SMILES string of the molecule is CNC(=O)CO[C@@H]1COC2(CCN(c3ncccn3)CC2)C1. The number of carbonyl (C=O) groups is 1. The molecular weight excluding hydrogens is 284 g/mol. The molecule has 22 heavy (non-hydrogen) atoms. The summed E-state index contributed by atoms with van der Waals surface area (Å²) in [5.74, 6) is 0.680. The predicted octanol–water partition coefficient (Wildman–Crippen LogP) is 0.367. The van der Waals surface area contributed by atoms with Crippen LogP contribution in [0.15, 0.2) is 18.5 Å². The summed E-state index contributed by atoms with van der Waals surface area (Å²) < 4.78 is 11.6. The first-order valence-electron chi connectivity index (χ1n) is 7.69. The van der Waals surface area contributed by atoms with Crippen LogP contribution >= 0.6 is 0 Å². The Morgan fingerprint density at radius 2 is 2.18 bits per heavy atom. The van der Waals surface area contributed by atoms with E-state index in [1.807, 2.05) is 6.07 Å². The number of hydrogen-bond donors (Lipinski definition) is 1. The van der Waals surface area contributed by atoms with Crippen molar-refractivity contribution in [1.29, 1.82) is 0 Å². The smallest absolute Gasteiger partial charge is 0.245 e. The van der Waals surface area contributed by atoms with Crippen LogP contribution < -0.4 is 10.2 Å². The highest BCUT2D eigenvalue weighted by molar-refractivity contribution is 5.76. The van der Waals surface area contributed by atoms with Crippen LogP contribution in [-0.2, 0) is 14.3 Å². The Balaban J connectivity index is 1.50. The predicted molar refractivity (Wildman–Crippen MR) is 80.6 cm³/mol. The van der Waals surface area contributed by atoms with E-state index in [-0.39, 0.29) is 24.2 Å². The van der Waals surface area contributed by atoms with Crippen molar-refractivity contribution in [2.24, 2.45) is 0 Å². The number of nitrogens with one attached hydrogen (secondary N) is 1. The second kappa shape index (κ2) is 6.58. The van der Waals surface area contributed by atoms with E-state index in [1.165, 1.54) is 0 Å². The maximum atomic E-state index is 11.2. The molecule has 2 fully saturated rings. The zero-order valence-electron chi connectivity index (χ0n) is 12.8. The zero-order valence-corrected chi connectivity index (χ0v) is 12.8. The maximum absolute atomic E-state index is 11.2. The third-order valence-electron chi connectivity index (χ3n) is 4.41. The molecule has 0 aliphatic carbocycles. The number of rotatable bonds is 4. The number of hydrogen-bond acceptors (Lipinski definition) is 6. The molecule has 2 aliphatic heterocycles. The molecule has 1 atom stereocenters. The third-order valence-corrected chi connectivity index (χ3v) is 4.41. The van der Waals surface area contributed by atoms with Gasteiger partial charge in [-0.2, -0.15) is 0 Å². The van der Waals surface area contributed by atoms with Crippen LogP contribution in [0, 0.1) is 0 Å². The van der Waals surface area contributed by atoms with Gasteiger partial charge in [-0.15, -0.1) is 0 Å². The van der Waals surface area contributed by atoms with Crippen LogP contribution in [0.1, 0.15) is 19.3 Å². The number of amides is 1. The molecule has 120 valence electrons. The van der Waals surface area contributed by atoms with Crippen molar-refractivity contribution < 1.29 is 14.3 Å². The van der Waals surface area contributed by atoms with Crippen LogP contribution in [0.5, 0.6) is 0 Å². The molecular formula is C15H22N4O3. The minimum atomic E-state index is -0.112. The van der Waals surface area contributed by atoms with Gasteiger partial charge >= 0.3 is 0 Å². The molecule has 7 nitrogen and oxygen atoms in total. The van der Waals surface area contributed by atoms with Crippen LogP contribution in [0.25, 0.3) is 0 Å². The van der Waals surface area contributed by atoms with E-state index in [1.54, 1.807) is 19.4 Å². The second-order valence-electron chi connectivity index (χ2n) is 5.84. The van der Waals surface area contributed by atoms with Gasteiger partial charge in [-0.25, -0.2) is 9.97 Å². The molecule has 0 bridgehead atoms. The van der Waals surface area contributed by atoms with Crippen molar-refractivity contribution in [1.82, 2.24) is 15.3 Å². The lowest BCUT2D eigenvalue weighted by Gasteiger charge is -2.38. The first kappa shape index (κ1) is 15.2. The maximum Gasteiger partial charge on any atom is 0.245 e. The van der Waals surface area contributed by atoms with Gasteiger partial charge in [0.25, 0.3) is 0 Å². The highest BCUT2D eigenvalue weighted by atomic mass is 16.6. The fraction of sp³-hybridized carbons (Fsp3) is 0.667. The highest BCUT2D eigenvalue weighted by Crippen LogP contribution is 2.37. The van der Waals surface area contributed by atoms with Crippen LogP contribution in [-0.4, -0.2) is 60.9 Å². The lowest BCUT2D eigenvalue weighted by Crippen LogP contribution is -2.45. The molecule has 0 unspecified atom stereocenters. The van der Waals surface area contributed by atoms with Crippen molar-refractivity contribution in [3.05, 3.63) is 18.5 Å². The Morgan fingerprint density at radius 3 is 2.86 bits per heavy atom. The van der Waals surface area contributed by atoms with Crippen molar-refractivity contribution in [2.75, 3.05) is 38.3 Å². The standard InChI is InChI=1S/C15H22N4O3/c1-16-13(20)11-21-12-9-15(22-10-12)3-7-19(8-4-15)14-17-5-2-6-18-14/h2,5-6,12H,3-4,7-11H2,1H3,(H,16,20)/t12-/m0/s1. The number of piperidine rings is 1. The number of nitrogens with zero attached hydrogens (tertiary/aromatic N) is 3. The monoisotopic (exact) mass is 306 g/mol. The van der Waals surface area contributed by atoms with E-state index < -0.39 is 0 Å². The molecule has 0 aromatic carbocycles. The molecule has 1 N–H and O–H groups in total. The Bertz CT molecular complexity index is 503. The minimum Gasteiger partial charge on any atom is -0.372 e. The first-order valence-corrected chi connectivity index (χ1v) is 7.69. The van der Waals surface area contributed by atoms with E-state index in [2.05, 4.69) is 20.2 Å². The van der Waals surface area contributed by atoms with Crippen LogP contribution in [0.4, 0.5) is 5.95 Å². The summed E-state index contributed by atoms with van der Waals surface area (Å²) in [6, 6.07) is 1.82. The van der Waals surface area contributed by atoms with Gasteiger partial charge in [-0.05, 0) is 18.9 Å². The Morgan fingerprint density at radius 1 is 1.45 bits per heavy atom. The van der Waals surface area contributed by atoms with Crippen molar-refractivity contribution >= 4 is 11.9 Å². The van der Waals surface area contributed by atoms with Gasteiger partial charge in [-0.1, -0.05) is 0 Å². The number of likely N-dealkylation sites (N-methyl/N-ethyl adjacent to an activating group) is 1. The fourth-order valence-electron chi connectivity index (χ4n) is 3.09. The molecule has 1 aromatic rings. The summed E-state index contributed by atoms with van der Waals surface area (Å²) >= 11 is 0. The Kier molecular flexibility index (Phi) is 4.54. The van der Waals surface area contributed by atoms with E-state index in [9.17, 15) is 4.79 Å². The van der Waals surface area contributed by atoms with E-state index in [0.717, 1.165) is 38.3 Å². The summed E-state index contributed by atoms with van der Waals surface area (Å²) in [5.41, 5.74) is -0.112. The molecule has 3 rings (SSSR count). The third kappa shape index (κ3) is 3.36. The van der Waals surface area contributed by atoms with Crippen LogP contribution in [0.3, 0.4) is 0 Å². The summed E-state index contributed by atoms with van der Waals surface area (Å²) in [6.45, 7) is 2.43. The lowest BCUT2D eigenvalue weighted by molar-refractivity contribution is -0.127. The molecule has 1 aromatic heterocycles. The molecule has 0 radical (unpaired) electrons. The average molecular weight is 306 g/mol. The largest absolute Gasteiger partial charge is 0.372 e. The van der Waals surface area contributed by atoms with Gasteiger partial charge in [0.05, 0.1) is 18.3 Å². The Hall–Kier alpha value is -1.73. The molecule has 3 heterocycles. The molecule has 7 heteroatoms. The van der Waals surface area contributed by atoms with E-state index in [0.29, 0.717) is 6.61 Å². The number of anilines is 1. The molecule has 0 saturated carbocycles.